The molecule has 1 unspecified atom stereocenters. The average Bonchev–Trinajstić information content (AvgIpc) is 2.30. The Morgan fingerprint density at radius 2 is 2.12 bits per heavy atom. The second kappa shape index (κ2) is 6.87. The highest BCUT2D eigenvalue weighted by molar-refractivity contribution is 5.28. The second-order valence-corrected chi connectivity index (χ2v) is 3.15. The van der Waals surface area contributed by atoms with Crippen molar-refractivity contribution in [3.8, 4) is 5.75 Å². The number of aliphatic hydroxyl groups excluding tert-OH is 1. The van der Waals surface area contributed by atoms with Crippen molar-refractivity contribution in [1.29, 1.82) is 0 Å². The first-order valence-electron chi connectivity index (χ1n) is 5.17. The van der Waals surface area contributed by atoms with Crippen molar-refractivity contribution in [3.05, 3.63) is 42.6 Å². The quantitative estimate of drug-likeness (QED) is 0.546. The molecule has 0 fully saturated rings. The van der Waals surface area contributed by atoms with Gasteiger partial charge in [-0.2, -0.15) is 0 Å². The van der Waals surface area contributed by atoms with Crippen LogP contribution in [0.1, 0.15) is 18.6 Å². The Labute approximate surface area is 95.5 Å². The summed E-state index contributed by atoms with van der Waals surface area (Å²) in [5.41, 5.74) is 3.25. The second-order valence-electron chi connectivity index (χ2n) is 3.15. The Balaban J connectivity index is 2.48. The molecule has 1 aromatic carbocycles. The first kappa shape index (κ1) is 12.5. The molecule has 0 saturated carbocycles. The fourth-order valence-corrected chi connectivity index (χ4v) is 1.24. The van der Waals surface area contributed by atoms with Crippen LogP contribution in [0.3, 0.4) is 0 Å². The van der Waals surface area contributed by atoms with Gasteiger partial charge >= 0.3 is 0 Å². The minimum atomic E-state index is -0.664. The highest BCUT2D eigenvalue weighted by atomic mass is 16.6. The SMILES string of the molecule is C=CNOCC(O)c1ccc(OCC)cc1. The maximum Gasteiger partial charge on any atom is 0.119 e. The first-order chi connectivity index (χ1) is 7.77. The molecule has 2 N–H and O–H groups in total. The third-order valence-electron chi connectivity index (χ3n) is 1.98. The number of hydrogen-bond donors (Lipinski definition) is 2. The van der Waals surface area contributed by atoms with Crippen LogP contribution in [0.15, 0.2) is 37.0 Å². The standard InChI is InChI=1S/C12H17NO3/c1-3-13-16-9-12(14)10-5-7-11(8-6-10)15-4-2/h3,5-8,12-14H,1,4,9H2,2H3. The summed E-state index contributed by atoms with van der Waals surface area (Å²) in [5, 5.41) is 9.73. The Bertz CT molecular complexity index is 311. The van der Waals surface area contributed by atoms with Crippen LogP contribution in [0.2, 0.25) is 0 Å². The molecule has 1 aromatic rings. The van der Waals surface area contributed by atoms with Crippen molar-refractivity contribution in [2.24, 2.45) is 0 Å². The number of rotatable bonds is 7. The van der Waals surface area contributed by atoms with Crippen molar-refractivity contribution < 1.29 is 14.7 Å². The topological polar surface area (TPSA) is 50.7 Å². The number of aliphatic hydroxyl groups is 1. The first-order valence-corrected chi connectivity index (χ1v) is 5.17. The highest BCUT2D eigenvalue weighted by Crippen LogP contribution is 2.17. The summed E-state index contributed by atoms with van der Waals surface area (Å²) in [6.45, 7) is 6.16. The van der Waals surface area contributed by atoms with E-state index in [0.29, 0.717) is 6.61 Å². The number of benzene rings is 1. The zero-order valence-corrected chi connectivity index (χ0v) is 9.35. The molecule has 4 heteroatoms. The van der Waals surface area contributed by atoms with E-state index >= 15 is 0 Å². The van der Waals surface area contributed by atoms with Gasteiger partial charge in [0.25, 0.3) is 0 Å². The van der Waals surface area contributed by atoms with Crippen LogP contribution in [0.4, 0.5) is 0 Å². The molecule has 0 aliphatic heterocycles. The van der Waals surface area contributed by atoms with Crippen molar-refractivity contribution in [2.45, 2.75) is 13.0 Å². The summed E-state index contributed by atoms with van der Waals surface area (Å²) in [5.74, 6) is 0.795. The molecular formula is C12H17NO3. The number of hydroxylamine groups is 1. The van der Waals surface area contributed by atoms with Crippen molar-refractivity contribution in [1.82, 2.24) is 5.48 Å². The molecule has 16 heavy (non-hydrogen) atoms. The van der Waals surface area contributed by atoms with Gasteiger partial charge in [-0.05, 0) is 24.6 Å². The van der Waals surface area contributed by atoms with Crippen LogP contribution >= 0.6 is 0 Å². The van der Waals surface area contributed by atoms with Gasteiger partial charge in [0.1, 0.15) is 18.5 Å². The van der Waals surface area contributed by atoms with Crippen molar-refractivity contribution >= 4 is 0 Å². The van der Waals surface area contributed by atoms with Gasteiger partial charge in [0.2, 0.25) is 0 Å². The third kappa shape index (κ3) is 3.92. The monoisotopic (exact) mass is 223 g/mol. The summed E-state index contributed by atoms with van der Waals surface area (Å²) in [7, 11) is 0. The number of hydrogen-bond acceptors (Lipinski definition) is 4. The van der Waals surface area contributed by atoms with Crippen LogP contribution in [0, 0.1) is 0 Å². The molecule has 0 amide bonds. The van der Waals surface area contributed by atoms with E-state index in [0.717, 1.165) is 11.3 Å². The fourth-order valence-electron chi connectivity index (χ4n) is 1.24. The lowest BCUT2D eigenvalue weighted by Crippen LogP contribution is -2.13. The van der Waals surface area contributed by atoms with E-state index in [1.54, 1.807) is 0 Å². The predicted octanol–water partition coefficient (Wildman–Crippen LogP) is 1.78. The summed E-state index contributed by atoms with van der Waals surface area (Å²) >= 11 is 0. The van der Waals surface area contributed by atoms with E-state index in [1.165, 1.54) is 6.20 Å². The summed E-state index contributed by atoms with van der Waals surface area (Å²) in [6.07, 6.45) is 0.744. The molecule has 0 radical (unpaired) electrons. The molecule has 0 saturated heterocycles. The van der Waals surface area contributed by atoms with Crippen LogP contribution in [0.5, 0.6) is 5.75 Å². The molecule has 0 bridgehead atoms. The Hall–Kier alpha value is -1.52. The number of ether oxygens (including phenoxy) is 1. The third-order valence-corrected chi connectivity index (χ3v) is 1.98. The largest absolute Gasteiger partial charge is 0.494 e. The van der Waals surface area contributed by atoms with Gasteiger partial charge in [-0.1, -0.05) is 18.7 Å². The molecule has 0 spiro atoms. The highest BCUT2D eigenvalue weighted by Gasteiger charge is 2.07. The van der Waals surface area contributed by atoms with Gasteiger partial charge in [0, 0.05) is 6.20 Å². The number of nitrogens with one attached hydrogen (secondary N) is 1. The lowest BCUT2D eigenvalue weighted by Gasteiger charge is -2.11. The molecule has 1 atom stereocenters. The molecular weight excluding hydrogens is 206 g/mol. The van der Waals surface area contributed by atoms with E-state index in [2.05, 4.69) is 12.1 Å². The predicted molar refractivity (Wildman–Crippen MR) is 61.9 cm³/mol. The lowest BCUT2D eigenvalue weighted by molar-refractivity contribution is -0.00154. The Morgan fingerprint density at radius 3 is 2.69 bits per heavy atom. The molecule has 0 aliphatic carbocycles. The maximum absolute atomic E-state index is 9.73. The molecule has 0 aliphatic rings. The van der Waals surface area contributed by atoms with Crippen molar-refractivity contribution in [2.75, 3.05) is 13.2 Å². The van der Waals surface area contributed by atoms with Gasteiger partial charge in [0.05, 0.1) is 6.61 Å². The van der Waals surface area contributed by atoms with Crippen LogP contribution in [-0.4, -0.2) is 18.3 Å². The summed E-state index contributed by atoms with van der Waals surface area (Å²) in [6, 6.07) is 7.27. The van der Waals surface area contributed by atoms with Gasteiger partial charge in [-0.15, -0.1) is 0 Å². The molecule has 4 nitrogen and oxygen atoms in total. The Kier molecular flexibility index (Phi) is 5.39. The minimum absolute atomic E-state index is 0.167. The smallest absolute Gasteiger partial charge is 0.119 e. The van der Waals surface area contributed by atoms with Gasteiger partial charge in [0.15, 0.2) is 0 Å². The van der Waals surface area contributed by atoms with E-state index in [9.17, 15) is 5.11 Å². The van der Waals surface area contributed by atoms with E-state index in [4.69, 9.17) is 9.57 Å². The molecule has 0 heterocycles. The van der Waals surface area contributed by atoms with E-state index < -0.39 is 6.10 Å². The minimum Gasteiger partial charge on any atom is -0.494 e. The van der Waals surface area contributed by atoms with E-state index in [-0.39, 0.29) is 6.61 Å². The van der Waals surface area contributed by atoms with Gasteiger partial charge in [-0.25, -0.2) is 0 Å². The zero-order valence-electron chi connectivity index (χ0n) is 9.35. The molecule has 1 rings (SSSR count). The fraction of sp³-hybridized carbons (Fsp3) is 0.333. The van der Waals surface area contributed by atoms with Gasteiger partial charge < -0.3 is 9.84 Å². The molecule has 88 valence electrons. The van der Waals surface area contributed by atoms with Crippen LogP contribution < -0.4 is 10.2 Å². The summed E-state index contributed by atoms with van der Waals surface area (Å²) in [4.78, 5) is 4.93. The van der Waals surface area contributed by atoms with Gasteiger partial charge in [-0.3, -0.25) is 10.3 Å². The summed E-state index contributed by atoms with van der Waals surface area (Å²) < 4.78 is 5.30. The van der Waals surface area contributed by atoms with Crippen LogP contribution in [0.25, 0.3) is 0 Å². The van der Waals surface area contributed by atoms with E-state index in [1.807, 2.05) is 31.2 Å². The van der Waals surface area contributed by atoms with Crippen molar-refractivity contribution in [3.63, 3.8) is 0 Å². The maximum atomic E-state index is 9.73. The average molecular weight is 223 g/mol. The normalized spacial score (nSPS) is 11.9. The van der Waals surface area contributed by atoms with Crippen LogP contribution in [-0.2, 0) is 4.84 Å². The Morgan fingerprint density at radius 1 is 1.44 bits per heavy atom. The zero-order chi connectivity index (χ0) is 11.8. The molecule has 0 aromatic heterocycles. The lowest BCUT2D eigenvalue weighted by atomic mass is 10.1.